The van der Waals surface area contributed by atoms with Crippen LogP contribution in [0.2, 0.25) is 0 Å². The summed E-state index contributed by atoms with van der Waals surface area (Å²) in [6, 6.07) is 3.35. The normalized spacial score (nSPS) is 24.8. The fourth-order valence-electron chi connectivity index (χ4n) is 1.67. The van der Waals surface area contributed by atoms with Gasteiger partial charge in [-0.05, 0) is 19.4 Å². The Balaban J connectivity index is 1.91. The summed E-state index contributed by atoms with van der Waals surface area (Å²) in [5.41, 5.74) is 0.0127. The Morgan fingerprint density at radius 3 is 3.06 bits per heavy atom. The van der Waals surface area contributed by atoms with Crippen LogP contribution < -0.4 is 5.32 Å². The van der Waals surface area contributed by atoms with Gasteiger partial charge in [0.2, 0.25) is 0 Å². The van der Waals surface area contributed by atoms with Crippen LogP contribution in [0, 0.1) is 10.1 Å². The molecule has 1 aromatic rings. The zero-order valence-corrected chi connectivity index (χ0v) is 9.88. The molecule has 1 N–H and O–H groups in total. The predicted molar refractivity (Wildman–Crippen MR) is 61.7 cm³/mol. The highest BCUT2D eigenvalue weighted by molar-refractivity contribution is 7.15. The molecule has 2 rings (SSSR count). The molecule has 0 bridgehead atoms. The van der Waals surface area contributed by atoms with E-state index in [1.807, 2.05) is 0 Å². The van der Waals surface area contributed by atoms with E-state index in [-0.39, 0.29) is 15.5 Å². The maximum Gasteiger partial charge on any atom is 0.324 e. The average molecular weight is 242 g/mol. The molecule has 6 heteroatoms. The van der Waals surface area contributed by atoms with Crippen LogP contribution in [0.5, 0.6) is 0 Å². The second-order valence-electron chi connectivity index (χ2n) is 4.21. The lowest BCUT2D eigenvalue weighted by Gasteiger charge is -2.22. The summed E-state index contributed by atoms with van der Waals surface area (Å²) < 4.78 is 5.32. The highest BCUT2D eigenvalue weighted by Gasteiger charge is 2.28. The first kappa shape index (κ1) is 11.5. The number of hydrogen-bond acceptors (Lipinski definition) is 5. The topological polar surface area (TPSA) is 64.4 Å². The van der Waals surface area contributed by atoms with Gasteiger partial charge in [-0.2, -0.15) is 0 Å². The quantitative estimate of drug-likeness (QED) is 0.647. The van der Waals surface area contributed by atoms with Crippen LogP contribution in [0.1, 0.15) is 18.2 Å². The molecule has 1 unspecified atom stereocenters. The summed E-state index contributed by atoms with van der Waals surface area (Å²) in [5.74, 6) is 0. The molecule has 0 aliphatic carbocycles. The smallest absolute Gasteiger partial charge is 0.324 e. The van der Waals surface area contributed by atoms with Crippen LogP contribution in [0.25, 0.3) is 0 Å². The first-order valence-corrected chi connectivity index (χ1v) is 5.97. The molecule has 0 aromatic carbocycles. The molecule has 0 radical (unpaired) electrons. The van der Waals surface area contributed by atoms with Gasteiger partial charge < -0.3 is 10.1 Å². The van der Waals surface area contributed by atoms with Crippen molar-refractivity contribution in [3.8, 4) is 0 Å². The molecule has 0 amide bonds. The molecule has 2 heterocycles. The Labute approximate surface area is 97.6 Å². The van der Waals surface area contributed by atoms with Gasteiger partial charge in [-0.25, -0.2) is 0 Å². The van der Waals surface area contributed by atoms with E-state index in [0.29, 0.717) is 13.2 Å². The van der Waals surface area contributed by atoms with Crippen molar-refractivity contribution in [2.45, 2.75) is 25.4 Å². The molecule has 1 saturated heterocycles. The van der Waals surface area contributed by atoms with Gasteiger partial charge in [-0.15, -0.1) is 0 Å². The van der Waals surface area contributed by atoms with Crippen molar-refractivity contribution in [1.82, 2.24) is 5.32 Å². The van der Waals surface area contributed by atoms with Crippen molar-refractivity contribution in [2.24, 2.45) is 0 Å². The van der Waals surface area contributed by atoms with E-state index >= 15 is 0 Å². The minimum atomic E-state index is -0.353. The molecule has 1 atom stereocenters. The minimum Gasteiger partial charge on any atom is -0.379 e. The fraction of sp³-hybridized carbons (Fsp3) is 0.600. The lowest BCUT2D eigenvalue weighted by Crippen LogP contribution is -2.42. The highest BCUT2D eigenvalue weighted by atomic mass is 32.1. The third-order valence-electron chi connectivity index (χ3n) is 2.74. The van der Waals surface area contributed by atoms with E-state index in [9.17, 15) is 10.1 Å². The standard InChI is InChI=1S/C10H14N2O3S/c1-10(4-5-15-7-10)11-6-8-2-3-9(16-8)12(13)14/h2-3,11H,4-7H2,1H3. The number of thiophene rings is 1. The van der Waals surface area contributed by atoms with Gasteiger partial charge in [0.1, 0.15) is 0 Å². The fourth-order valence-corrected chi connectivity index (χ4v) is 2.43. The Kier molecular flexibility index (Phi) is 3.22. The summed E-state index contributed by atoms with van der Waals surface area (Å²) in [6.07, 6.45) is 0.987. The maximum atomic E-state index is 10.5. The lowest BCUT2D eigenvalue weighted by atomic mass is 10.0. The van der Waals surface area contributed by atoms with E-state index in [0.717, 1.165) is 17.9 Å². The number of ether oxygens (including phenoxy) is 1. The van der Waals surface area contributed by atoms with Gasteiger partial charge in [0.25, 0.3) is 0 Å². The SMILES string of the molecule is CC1(NCc2ccc([N+](=O)[O-])s2)CCOC1. The van der Waals surface area contributed by atoms with Gasteiger partial charge in [-0.3, -0.25) is 10.1 Å². The van der Waals surface area contributed by atoms with Gasteiger partial charge in [0, 0.05) is 29.6 Å². The van der Waals surface area contributed by atoms with E-state index in [1.54, 1.807) is 12.1 Å². The molecular formula is C10H14N2O3S. The zero-order chi connectivity index (χ0) is 11.6. The lowest BCUT2D eigenvalue weighted by molar-refractivity contribution is -0.380. The molecule has 88 valence electrons. The van der Waals surface area contributed by atoms with Crippen molar-refractivity contribution in [2.75, 3.05) is 13.2 Å². The summed E-state index contributed by atoms with van der Waals surface area (Å²) in [4.78, 5) is 11.1. The van der Waals surface area contributed by atoms with Crippen LogP contribution >= 0.6 is 11.3 Å². The Morgan fingerprint density at radius 1 is 1.69 bits per heavy atom. The molecule has 1 aliphatic heterocycles. The van der Waals surface area contributed by atoms with Gasteiger partial charge in [0.15, 0.2) is 0 Å². The summed E-state index contributed by atoms with van der Waals surface area (Å²) >= 11 is 1.22. The van der Waals surface area contributed by atoms with Gasteiger partial charge >= 0.3 is 5.00 Å². The summed E-state index contributed by atoms with van der Waals surface area (Å²) in [6.45, 7) is 4.27. The van der Waals surface area contributed by atoms with E-state index in [2.05, 4.69) is 12.2 Å². The second-order valence-corrected chi connectivity index (χ2v) is 5.36. The third kappa shape index (κ3) is 2.58. The van der Waals surface area contributed by atoms with Crippen LogP contribution in [-0.4, -0.2) is 23.7 Å². The first-order chi connectivity index (χ1) is 7.59. The van der Waals surface area contributed by atoms with Crippen molar-refractivity contribution in [3.63, 3.8) is 0 Å². The highest BCUT2D eigenvalue weighted by Crippen LogP contribution is 2.25. The number of hydrogen-bond donors (Lipinski definition) is 1. The van der Waals surface area contributed by atoms with E-state index in [4.69, 9.17) is 4.74 Å². The Morgan fingerprint density at radius 2 is 2.50 bits per heavy atom. The first-order valence-electron chi connectivity index (χ1n) is 5.15. The van der Waals surface area contributed by atoms with Gasteiger partial charge in [-0.1, -0.05) is 11.3 Å². The number of rotatable bonds is 4. The van der Waals surface area contributed by atoms with Gasteiger partial charge in [0.05, 0.1) is 11.5 Å². The molecule has 5 nitrogen and oxygen atoms in total. The number of nitrogens with zero attached hydrogens (tertiary/aromatic N) is 1. The van der Waals surface area contributed by atoms with E-state index in [1.165, 1.54) is 11.3 Å². The van der Waals surface area contributed by atoms with Crippen molar-refractivity contribution >= 4 is 16.3 Å². The molecule has 0 saturated carbocycles. The second kappa shape index (κ2) is 4.48. The summed E-state index contributed by atoms with van der Waals surface area (Å²) in [5, 5.41) is 14.1. The molecule has 1 aliphatic rings. The van der Waals surface area contributed by atoms with Crippen molar-refractivity contribution < 1.29 is 9.66 Å². The summed E-state index contributed by atoms with van der Waals surface area (Å²) in [7, 11) is 0. The molecule has 16 heavy (non-hydrogen) atoms. The minimum absolute atomic E-state index is 0.0127. The maximum absolute atomic E-state index is 10.5. The van der Waals surface area contributed by atoms with Crippen LogP contribution in [0.4, 0.5) is 5.00 Å². The zero-order valence-electron chi connectivity index (χ0n) is 9.06. The monoisotopic (exact) mass is 242 g/mol. The van der Waals surface area contributed by atoms with Crippen molar-refractivity contribution in [1.29, 1.82) is 0 Å². The average Bonchev–Trinajstić information content (AvgIpc) is 2.84. The molecular weight excluding hydrogens is 228 g/mol. The van der Waals surface area contributed by atoms with Crippen LogP contribution in [-0.2, 0) is 11.3 Å². The number of nitrogens with one attached hydrogen (secondary N) is 1. The number of nitro groups is 1. The predicted octanol–water partition coefficient (Wildman–Crippen LogP) is 1.92. The van der Waals surface area contributed by atoms with E-state index < -0.39 is 0 Å². The largest absolute Gasteiger partial charge is 0.379 e. The van der Waals surface area contributed by atoms with Crippen molar-refractivity contribution in [3.05, 3.63) is 27.1 Å². The van der Waals surface area contributed by atoms with Crippen LogP contribution in [0.15, 0.2) is 12.1 Å². The Hall–Kier alpha value is -0.980. The Bertz CT molecular complexity index is 385. The molecule has 0 spiro atoms. The third-order valence-corrected chi connectivity index (χ3v) is 3.77. The molecule has 1 aromatic heterocycles. The molecule has 1 fully saturated rings. The van der Waals surface area contributed by atoms with Crippen LogP contribution in [0.3, 0.4) is 0 Å².